The van der Waals surface area contributed by atoms with Gasteiger partial charge in [0.05, 0.1) is 6.61 Å². The molecule has 1 rings (SSSR count). The largest absolute Gasteiger partial charge is 0.494 e. The molecule has 0 unspecified atom stereocenters. The van der Waals surface area contributed by atoms with Gasteiger partial charge in [0, 0.05) is 6.08 Å². The maximum Gasteiger partial charge on any atom is 0.328 e. The van der Waals surface area contributed by atoms with Crippen LogP contribution in [0.2, 0.25) is 0 Å². The molecule has 0 bridgehead atoms. The smallest absolute Gasteiger partial charge is 0.328 e. The van der Waals surface area contributed by atoms with Gasteiger partial charge in [-0.1, -0.05) is 64.0 Å². The van der Waals surface area contributed by atoms with Gasteiger partial charge >= 0.3 is 5.97 Å². The van der Waals surface area contributed by atoms with Crippen LogP contribution in [-0.4, -0.2) is 17.7 Å². The molecule has 0 spiro atoms. The maximum atomic E-state index is 10.5. The van der Waals surface area contributed by atoms with Crippen molar-refractivity contribution in [3.8, 4) is 5.75 Å². The van der Waals surface area contributed by atoms with Gasteiger partial charge in [-0.2, -0.15) is 0 Å². The molecule has 0 amide bonds. The van der Waals surface area contributed by atoms with E-state index in [1.54, 1.807) is 6.08 Å². The molecule has 22 heavy (non-hydrogen) atoms. The van der Waals surface area contributed by atoms with Crippen molar-refractivity contribution in [3.63, 3.8) is 0 Å². The van der Waals surface area contributed by atoms with Gasteiger partial charge in [-0.15, -0.1) is 0 Å². The molecule has 0 aliphatic rings. The third kappa shape index (κ3) is 9.22. The lowest BCUT2D eigenvalue weighted by Crippen LogP contribution is -1.97. The van der Waals surface area contributed by atoms with Crippen LogP contribution >= 0.6 is 0 Å². The van der Waals surface area contributed by atoms with Crippen molar-refractivity contribution in [1.82, 2.24) is 0 Å². The average molecular weight is 304 g/mol. The number of carboxylic acids is 1. The Hall–Kier alpha value is -1.77. The van der Waals surface area contributed by atoms with Crippen LogP contribution < -0.4 is 4.74 Å². The van der Waals surface area contributed by atoms with Gasteiger partial charge in [-0.05, 0) is 30.2 Å². The Morgan fingerprint density at radius 2 is 1.77 bits per heavy atom. The molecule has 0 saturated heterocycles. The van der Waals surface area contributed by atoms with Crippen molar-refractivity contribution in [2.75, 3.05) is 6.61 Å². The monoisotopic (exact) mass is 304 g/mol. The van der Waals surface area contributed by atoms with Crippen molar-refractivity contribution in [3.05, 3.63) is 35.9 Å². The van der Waals surface area contributed by atoms with Crippen LogP contribution in [0.15, 0.2) is 30.3 Å². The van der Waals surface area contributed by atoms with E-state index in [1.165, 1.54) is 44.9 Å². The van der Waals surface area contributed by atoms with Crippen LogP contribution in [0, 0.1) is 0 Å². The van der Waals surface area contributed by atoms with Crippen LogP contribution in [0.1, 0.15) is 63.9 Å². The normalized spacial score (nSPS) is 11.0. The first kappa shape index (κ1) is 18.3. The predicted molar refractivity (Wildman–Crippen MR) is 91.2 cm³/mol. The third-order valence-corrected chi connectivity index (χ3v) is 3.54. The van der Waals surface area contributed by atoms with E-state index in [4.69, 9.17) is 9.84 Å². The Morgan fingerprint density at radius 3 is 2.45 bits per heavy atom. The highest BCUT2D eigenvalue weighted by atomic mass is 16.5. The number of carbonyl (C=O) groups is 1. The van der Waals surface area contributed by atoms with Crippen molar-refractivity contribution in [1.29, 1.82) is 0 Å². The van der Waals surface area contributed by atoms with E-state index in [0.29, 0.717) is 0 Å². The number of ether oxygens (including phenoxy) is 1. The standard InChI is InChI=1S/C19H28O3/c1-2-3-4-5-6-7-8-9-15-22-18-12-10-11-17(16-18)13-14-19(20)21/h10-14,16H,2-9,15H2,1H3,(H,20,21). The van der Waals surface area contributed by atoms with Crippen LogP contribution in [0.25, 0.3) is 6.08 Å². The van der Waals surface area contributed by atoms with Crippen LogP contribution in [0.4, 0.5) is 0 Å². The first-order valence-electron chi connectivity index (χ1n) is 8.36. The van der Waals surface area contributed by atoms with Gasteiger partial charge in [-0.3, -0.25) is 0 Å². The lowest BCUT2D eigenvalue weighted by Gasteiger charge is -2.07. The molecule has 1 N–H and O–H groups in total. The summed E-state index contributed by atoms with van der Waals surface area (Å²) in [6, 6.07) is 7.51. The van der Waals surface area contributed by atoms with Crippen molar-refractivity contribution >= 4 is 12.0 Å². The van der Waals surface area contributed by atoms with Crippen LogP contribution in [0.5, 0.6) is 5.75 Å². The zero-order valence-electron chi connectivity index (χ0n) is 13.6. The number of hydrogen-bond acceptors (Lipinski definition) is 2. The number of carboxylic acid groups (broad SMARTS) is 1. The molecular weight excluding hydrogens is 276 g/mol. The highest BCUT2D eigenvalue weighted by molar-refractivity contribution is 5.85. The van der Waals surface area contributed by atoms with E-state index < -0.39 is 5.97 Å². The van der Waals surface area contributed by atoms with Crippen molar-refractivity contribution in [2.45, 2.75) is 58.3 Å². The summed E-state index contributed by atoms with van der Waals surface area (Å²) in [5, 5.41) is 8.62. The van der Waals surface area contributed by atoms with Crippen LogP contribution in [-0.2, 0) is 4.79 Å². The molecule has 3 heteroatoms. The number of rotatable bonds is 12. The summed E-state index contributed by atoms with van der Waals surface area (Å²) in [7, 11) is 0. The minimum absolute atomic E-state index is 0.723. The topological polar surface area (TPSA) is 46.5 Å². The molecule has 122 valence electrons. The summed E-state index contributed by atoms with van der Waals surface area (Å²) in [6.07, 6.45) is 13.0. The summed E-state index contributed by atoms with van der Waals surface area (Å²) in [6.45, 7) is 2.96. The van der Waals surface area contributed by atoms with Crippen LogP contribution in [0.3, 0.4) is 0 Å². The van der Waals surface area contributed by atoms with E-state index in [9.17, 15) is 4.79 Å². The Labute approximate surface area is 134 Å². The molecule has 0 aliphatic carbocycles. The number of aliphatic carboxylic acids is 1. The van der Waals surface area contributed by atoms with Crippen molar-refractivity contribution < 1.29 is 14.6 Å². The zero-order valence-corrected chi connectivity index (χ0v) is 13.6. The molecule has 0 heterocycles. The highest BCUT2D eigenvalue weighted by Crippen LogP contribution is 2.15. The number of hydrogen-bond donors (Lipinski definition) is 1. The molecule has 1 aromatic carbocycles. The van der Waals surface area contributed by atoms with Gasteiger partial charge in [0.2, 0.25) is 0 Å². The molecular formula is C19H28O3. The zero-order chi connectivity index (χ0) is 16.0. The highest BCUT2D eigenvalue weighted by Gasteiger charge is 1.96. The van der Waals surface area contributed by atoms with E-state index in [2.05, 4.69) is 6.92 Å². The fraction of sp³-hybridized carbons (Fsp3) is 0.526. The molecule has 0 saturated carbocycles. The second-order valence-corrected chi connectivity index (χ2v) is 5.57. The fourth-order valence-corrected chi connectivity index (χ4v) is 2.30. The van der Waals surface area contributed by atoms with E-state index in [1.807, 2.05) is 24.3 Å². The Kier molecular flexibility index (Phi) is 9.84. The van der Waals surface area contributed by atoms with Crippen molar-refractivity contribution in [2.24, 2.45) is 0 Å². The average Bonchev–Trinajstić information content (AvgIpc) is 2.52. The summed E-state index contributed by atoms with van der Waals surface area (Å²) in [5.74, 6) is -0.138. The Bertz CT molecular complexity index is 452. The Morgan fingerprint density at radius 1 is 1.09 bits per heavy atom. The first-order valence-corrected chi connectivity index (χ1v) is 8.36. The van der Waals surface area contributed by atoms with Gasteiger partial charge in [0.25, 0.3) is 0 Å². The van der Waals surface area contributed by atoms with Gasteiger partial charge in [0.15, 0.2) is 0 Å². The molecule has 0 aliphatic heterocycles. The molecule has 3 nitrogen and oxygen atoms in total. The molecule has 0 aromatic heterocycles. The van der Waals surface area contributed by atoms with Gasteiger partial charge < -0.3 is 9.84 Å². The number of unbranched alkanes of at least 4 members (excludes halogenated alkanes) is 7. The maximum absolute atomic E-state index is 10.5. The third-order valence-electron chi connectivity index (χ3n) is 3.54. The second kappa shape index (κ2) is 11.8. The fourth-order valence-electron chi connectivity index (χ4n) is 2.30. The van der Waals surface area contributed by atoms with E-state index in [0.717, 1.165) is 30.4 Å². The Balaban J connectivity index is 2.14. The number of benzene rings is 1. The minimum atomic E-state index is -0.940. The molecule has 0 radical (unpaired) electrons. The summed E-state index contributed by atoms with van der Waals surface area (Å²) >= 11 is 0. The van der Waals surface area contributed by atoms with E-state index in [-0.39, 0.29) is 0 Å². The molecule has 0 fully saturated rings. The first-order chi connectivity index (χ1) is 10.7. The van der Waals surface area contributed by atoms with Gasteiger partial charge in [-0.25, -0.2) is 4.79 Å². The van der Waals surface area contributed by atoms with Gasteiger partial charge in [0.1, 0.15) is 5.75 Å². The summed E-state index contributed by atoms with van der Waals surface area (Å²) < 4.78 is 5.72. The quantitative estimate of drug-likeness (QED) is 0.421. The molecule has 0 atom stereocenters. The second-order valence-electron chi connectivity index (χ2n) is 5.57. The summed E-state index contributed by atoms with van der Waals surface area (Å²) in [5.41, 5.74) is 0.843. The lowest BCUT2D eigenvalue weighted by molar-refractivity contribution is -0.131. The minimum Gasteiger partial charge on any atom is -0.494 e. The van der Waals surface area contributed by atoms with E-state index >= 15 is 0 Å². The lowest BCUT2D eigenvalue weighted by atomic mass is 10.1. The predicted octanol–water partition coefficient (Wildman–Crippen LogP) is 5.30. The summed E-state index contributed by atoms with van der Waals surface area (Å²) in [4.78, 5) is 10.5. The SMILES string of the molecule is CCCCCCCCCCOc1cccc(C=CC(=O)O)c1. The molecule has 1 aromatic rings.